The summed E-state index contributed by atoms with van der Waals surface area (Å²) in [7, 11) is 0. The highest BCUT2D eigenvalue weighted by atomic mass is 32.1. The van der Waals surface area contributed by atoms with Crippen LogP contribution in [0.2, 0.25) is 0 Å². The molecule has 4 amide bonds. The van der Waals surface area contributed by atoms with Crippen LogP contribution in [0.5, 0.6) is 11.5 Å². The number of fused-ring (bicyclic) bond motifs is 1. The lowest BCUT2D eigenvalue weighted by Crippen LogP contribution is -2.42. The van der Waals surface area contributed by atoms with Gasteiger partial charge in [-0.2, -0.15) is 0 Å². The number of benzene rings is 1. The number of nitrogens with zero attached hydrogens (tertiary/aromatic N) is 3. The molecular weight excluding hydrogens is 394 g/mol. The first-order valence-corrected chi connectivity index (χ1v) is 10.3. The standard InChI is InChI=1S/C20H19N3O5S/c24-18-19(25)23(20(26)22(18)10-14-3-2-8-29-14)11-21-7-1-4-15(21)13-5-6-16-17(9-13)28-12-27-16/h2-3,5-6,8-9,15H,1,4,7,10-12H2. The number of ether oxygens (including phenoxy) is 2. The van der Waals surface area contributed by atoms with Gasteiger partial charge in [-0.25, -0.2) is 9.69 Å². The van der Waals surface area contributed by atoms with Crippen molar-refractivity contribution < 1.29 is 23.9 Å². The van der Waals surface area contributed by atoms with Crippen LogP contribution in [0.1, 0.15) is 29.3 Å². The number of amides is 4. The maximum absolute atomic E-state index is 12.8. The predicted molar refractivity (Wildman–Crippen MR) is 103 cm³/mol. The molecule has 5 rings (SSSR count). The quantitative estimate of drug-likeness (QED) is 0.554. The van der Waals surface area contributed by atoms with Crippen LogP contribution in [0.3, 0.4) is 0 Å². The molecule has 150 valence electrons. The Labute approximate surface area is 171 Å². The van der Waals surface area contributed by atoms with E-state index in [9.17, 15) is 14.4 Å². The Morgan fingerprint density at radius 1 is 1.03 bits per heavy atom. The first-order chi connectivity index (χ1) is 14.1. The van der Waals surface area contributed by atoms with Gasteiger partial charge in [-0.15, -0.1) is 11.3 Å². The number of rotatable bonds is 5. The maximum Gasteiger partial charge on any atom is 0.335 e. The topological polar surface area (TPSA) is 79.4 Å². The Bertz CT molecular complexity index is 977. The van der Waals surface area contributed by atoms with Crippen molar-refractivity contribution in [2.24, 2.45) is 0 Å². The molecule has 0 radical (unpaired) electrons. The molecule has 0 N–H and O–H groups in total. The molecule has 0 spiro atoms. The van der Waals surface area contributed by atoms with E-state index in [1.807, 2.05) is 35.7 Å². The van der Waals surface area contributed by atoms with Crippen molar-refractivity contribution >= 4 is 29.2 Å². The summed E-state index contributed by atoms with van der Waals surface area (Å²) in [5, 5.41) is 1.88. The van der Waals surface area contributed by atoms with E-state index in [0.717, 1.165) is 45.4 Å². The van der Waals surface area contributed by atoms with E-state index in [4.69, 9.17) is 9.47 Å². The number of imide groups is 2. The van der Waals surface area contributed by atoms with E-state index in [2.05, 4.69) is 4.90 Å². The van der Waals surface area contributed by atoms with Crippen LogP contribution in [0.4, 0.5) is 4.79 Å². The fourth-order valence-corrected chi connectivity index (χ4v) is 4.74. The largest absolute Gasteiger partial charge is 0.454 e. The Morgan fingerprint density at radius 2 is 1.86 bits per heavy atom. The van der Waals surface area contributed by atoms with Crippen molar-refractivity contribution in [2.45, 2.75) is 25.4 Å². The second-order valence-electron chi connectivity index (χ2n) is 7.21. The molecule has 1 aromatic carbocycles. The van der Waals surface area contributed by atoms with Gasteiger partial charge in [0.1, 0.15) is 0 Å². The first-order valence-electron chi connectivity index (χ1n) is 9.45. The summed E-state index contributed by atoms with van der Waals surface area (Å²) in [5.41, 5.74) is 1.05. The Hall–Kier alpha value is -2.91. The molecule has 3 aliphatic rings. The van der Waals surface area contributed by atoms with Gasteiger partial charge in [-0.1, -0.05) is 12.1 Å². The molecule has 0 aliphatic carbocycles. The normalized spacial score (nSPS) is 21.7. The molecule has 8 nitrogen and oxygen atoms in total. The van der Waals surface area contributed by atoms with Crippen molar-refractivity contribution in [2.75, 3.05) is 20.0 Å². The zero-order valence-corrected chi connectivity index (χ0v) is 16.4. The van der Waals surface area contributed by atoms with Gasteiger partial charge in [-0.05, 0) is 42.0 Å². The van der Waals surface area contributed by atoms with Gasteiger partial charge in [0.25, 0.3) is 0 Å². The lowest BCUT2D eigenvalue weighted by molar-refractivity contribution is -0.144. The van der Waals surface area contributed by atoms with Crippen LogP contribution >= 0.6 is 11.3 Å². The second-order valence-corrected chi connectivity index (χ2v) is 8.24. The van der Waals surface area contributed by atoms with Crippen molar-refractivity contribution in [3.8, 4) is 11.5 Å². The monoisotopic (exact) mass is 413 g/mol. The molecule has 0 bridgehead atoms. The van der Waals surface area contributed by atoms with Crippen molar-refractivity contribution in [3.05, 3.63) is 46.2 Å². The average molecular weight is 413 g/mol. The summed E-state index contributed by atoms with van der Waals surface area (Å²) in [6.07, 6.45) is 1.85. The predicted octanol–water partition coefficient (Wildman–Crippen LogP) is 2.56. The number of likely N-dealkylation sites (tertiary alicyclic amines) is 1. The molecule has 2 saturated heterocycles. The summed E-state index contributed by atoms with van der Waals surface area (Å²) < 4.78 is 10.8. The molecule has 1 unspecified atom stereocenters. The lowest BCUT2D eigenvalue weighted by atomic mass is 10.0. The molecule has 1 atom stereocenters. The highest BCUT2D eigenvalue weighted by molar-refractivity contribution is 7.09. The molecule has 4 heterocycles. The molecule has 3 aliphatic heterocycles. The summed E-state index contributed by atoms with van der Waals surface area (Å²) in [5.74, 6) is -0.0943. The third-order valence-corrected chi connectivity index (χ3v) is 6.36. The average Bonchev–Trinajstić information content (AvgIpc) is 3.51. The van der Waals surface area contributed by atoms with Gasteiger partial charge in [0, 0.05) is 17.5 Å². The van der Waals surface area contributed by atoms with Crippen LogP contribution in [0.15, 0.2) is 35.7 Å². The number of carbonyl (C=O) groups excluding carboxylic acids is 3. The van der Waals surface area contributed by atoms with E-state index < -0.39 is 17.8 Å². The molecular formula is C20H19N3O5S. The fraction of sp³-hybridized carbons (Fsp3) is 0.350. The molecule has 29 heavy (non-hydrogen) atoms. The number of hydrogen-bond donors (Lipinski definition) is 0. The minimum atomic E-state index is -0.762. The van der Waals surface area contributed by atoms with Gasteiger partial charge in [0.15, 0.2) is 11.5 Å². The van der Waals surface area contributed by atoms with E-state index in [0.29, 0.717) is 5.75 Å². The van der Waals surface area contributed by atoms with Gasteiger partial charge < -0.3 is 9.47 Å². The van der Waals surface area contributed by atoms with Crippen molar-refractivity contribution in [1.29, 1.82) is 0 Å². The molecule has 9 heteroatoms. The molecule has 2 fully saturated rings. The third kappa shape index (κ3) is 3.16. The Kier molecular flexibility index (Phi) is 4.48. The van der Waals surface area contributed by atoms with Crippen LogP contribution in [0, 0.1) is 0 Å². The van der Waals surface area contributed by atoms with Crippen LogP contribution < -0.4 is 9.47 Å². The molecule has 2 aromatic rings. The number of carbonyl (C=O) groups is 3. The first kappa shape index (κ1) is 18.1. The summed E-state index contributed by atoms with van der Waals surface area (Å²) in [6.45, 7) is 1.19. The Balaban J connectivity index is 1.33. The number of thiophene rings is 1. The third-order valence-electron chi connectivity index (χ3n) is 5.50. The molecule has 1 aromatic heterocycles. The Morgan fingerprint density at radius 3 is 2.69 bits per heavy atom. The van der Waals surface area contributed by atoms with Crippen molar-refractivity contribution in [1.82, 2.24) is 14.7 Å². The van der Waals surface area contributed by atoms with Crippen LogP contribution in [0.25, 0.3) is 0 Å². The van der Waals surface area contributed by atoms with Crippen molar-refractivity contribution in [3.63, 3.8) is 0 Å². The lowest BCUT2D eigenvalue weighted by Gasteiger charge is -2.28. The van der Waals surface area contributed by atoms with Gasteiger partial charge >= 0.3 is 17.8 Å². The fourth-order valence-electron chi connectivity index (χ4n) is 4.05. The van der Waals surface area contributed by atoms with Crippen LogP contribution in [-0.4, -0.2) is 52.6 Å². The van der Waals surface area contributed by atoms with E-state index in [1.165, 1.54) is 11.3 Å². The molecule has 0 saturated carbocycles. The minimum Gasteiger partial charge on any atom is -0.454 e. The van der Waals surface area contributed by atoms with Gasteiger partial charge in [0.2, 0.25) is 6.79 Å². The SMILES string of the molecule is O=C1C(=O)N(CN2CCCC2c2ccc3c(c2)OCO3)C(=O)N1Cc1cccs1. The van der Waals surface area contributed by atoms with Gasteiger partial charge in [0.05, 0.1) is 13.2 Å². The number of hydrogen-bond acceptors (Lipinski definition) is 7. The summed E-state index contributed by atoms with van der Waals surface area (Å²) in [6, 6.07) is 9.01. The summed E-state index contributed by atoms with van der Waals surface area (Å²) >= 11 is 1.45. The van der Waals surface area contributed by atoms with Crippen LogP contribution in [-0.2, 0) is 16.1 Å². The second kappa shape index (κ2) is 7.16. The van der Waals surface area contributed by atoms with E-state index in [-0.39, 0.29) is 26.0 Å². The minimum absolute atomic E-state index is 0.0477. The number of urea groups is 1. The van der Waals surface area contributed by atoms with E-state index >= 15 is 0 Å². The highest BCUT2D eigenvalue weighted by Crippen LogP contribution is 2.39. The van der Waals surface area contributed by atoms with Gasteiger partial charge in [-0.3, -0.25) is 19.4 Å². The van der Waals surface area contributed by atoms with E-state index in [1.54, 1.807) is 0 Å². The summed E-state index contributed by atoms with van der Waals surface area (Å²) in [4.78, 5) is 42.7. The zero-order chi connectivity index (χ0) is 20.0. The maximum atomic E-state index is 12.8. The smallest absolute Gasteiger partial charge is 0.335 e. The zero-order valence-electron chi connectivity index (χ0n) is 15.6. The highest BCUT2D eigenvalue weighted by Gasteiger charge is 2.46.